The second-order valence-electron chi connectivity index (χ2n) is 6.23. The minimum Gasteiger partial charge on any atom is -0.349 e. The van der Waals surface area contributed by atoms with Crippen molar-refractivity contribution in [2.24, 2.45) is 11.8 Å². The fraction of sp³-hybridized carbons (Fsp3) is 0.824. The van der Waals surface area contributed by atoms with E-state index in [0.717, 1.165) is 24.1 Å². The van der Waals surface area contributed by atoms with E-state index in [4.69, 9.17) is 0 Å². The Hall–Kier alpha value is -0.790. The van der Waals surface area contributed by atoms with Crippen molar-refractivity contribution in [1.82, 2.24) is 9.97 Å². The van der Waals surface area contributed by atoms with Crippen LogP contribution in [0.15, 0.2) is 12.4 Å². The van der Waals surface area contributed by atoms with E-state index >= 15 is 0 Å². The third-order valence-corrected chi connectivity index (χ3v) is 4.79. The molecule has 0 aromatic carbocycles. The van der Waals surface area contributed by atoms with Gasteiger partial charge in [0, 0.05) is 18.8 Å². The highest BCUT2D eigenvalue weighted by Gasteiger charge is 2.22. The van der Waals surface area contributed by atoms with Crippen LogP contribution in [0.1, 0.15) is 77.0 Å². The zero-order chi connectivity index (χ0) is 13.3. The molecule has 1 unspecified atom stereocenters. The first-order chi connectivity index (χ1) is 9.40. The number of rotatable bonds is 8. The first-order valence-electron chi connectivity index (χ1n) is 8.38. The highest BCUT2D eigenvalue weighted by Crippen LogP contribution is 2.35. The summed E-state index contributed by atoms with van der Waals surface area (Å²) in [5.41, 5.74) is 0. The zero-order valence-electron chi connectivity index (χ0n) is 12.5. The summed E-state index contributed by atoms with van der Waals surface area (Å²) in [7, 11) is 0. The van der Waals surface area contributed by atoms with Crippen LogP contribution in [-0.2, 0) is 6.42 Å². The molecule has 0 saturated heterocycles. The van der Waals surface area contributed by atoms with Gasteiger partial charge in [-0.15, -0.1) is 0 Å². The smallest absolute Gasteiger partial charge is 0.105 e. The van der Waals surface area contributed by atoms with E-state index in [-0.39, 0.29) is 0 Å². The van der Waals surface area contributed by atoms with E-state index in [9.17, 15) is 0 Å². The Labute approximate surface area is 118 Å². The average Bonchev–Trinajstić information content (AvgIpc) is 2.97. The maximum Gasteiger partial charge on any atom is 0.105 e. The minimum absolute atomic E-state index is 0.982. The largest absolute Gasteiger partial charge is 0.349 e. The number of unbranched alkanes of at least 4 members (excludes halogenated alkanes) is 1. The number of hydrogen-bond acceptors (Lipinski definition) is 1. The van der Waals surface area contributed by atoms with Gasteiger partial charge in [0.15, 0.2) is 0 Å². The third-order valence-electron chi connectivity index (χ3n) is 4.79. The summed E-state index contributed by atoms with van der Waals surface area (Å²) in [6.07, 6.45) is 19.3. The number of H-pyrrole nitrogens is 1. The molecule has 0 aliphatic heterocycles. The molecule has 19 heavy (non-hydrogen) atoms. The van der Waals surface area contributed by atoms with Crippen LogP contribution in [0.3, 0.4) is 0 Å². The van der Waals surface area contributed by atoms with Crippen molar-refractivity contribution in [3.8, 4) is 0 Å². The van der Waals surface area contributed by atoms with Crippen LogP contribution in [-0.4, -0.2) is 9.97 Å². The highest BCUT2D eigenvalue weighted by atomic mass is 14.9. The summed E-state index contributed by atoms with van der Waals surface area (Å²) in [4.78, 5) is 7.55. The predicted octanol–water partition coefficient (Wildman–Crippen LogP) is 5.12. The van der Waals surface area contributed by atoms with Gasteiger partial charge >= 0.3 is 0 Å². The van der Waals surface area contributed by atoms with E-state index in [1.165, 1.54) is 64.2 Å². The molecule has 1 aliphatic rings. The van der Waals surface area contributed by atoms with Gasteiger partial charge in [-0.2, -0.15) is 0 Å². The molecule has 2 heteroatoms. The number of nitrogens with one attached hydrogen (secondary N) is 1. The first kappa shape index (κ1) is 14.6. The van der Waals surface area contributed by atoms with Crippen molar-refractivity contribution < 1.29 is 0 Å². The molecule has 0 radical (unpaired) electrons. The highest BCUT2D eigenvalue weighted by molar-refractivity contribution is 4.87. The number of aromatic amines is 1. The summed E-state index contributed by atoms with van der Waals surface area (Å²) in [6, 6.07) is 0. The quantitative estimate of drug-likeness (QED) is 0.692. The van der Waals surface area contributed by atoms with Gasteiger partial charge in [0.25, 0.3) is 0 Å². The summed E-state index contributed by atoms with van der Waals surface area (Å²) >= 11 is 0. The van der Waals surface area contributed by atoms with Crippen LogP contribution in [0.25, 0.3) is 0 Å². The van der Waals surface area contributed by atoms with Crippen LogP contribution in [0.5, 0.6) is 0 Å². The Morgan fingerprint density at radius 1 is 1.21 bits per heavy atom. The molecule has 1 saturated carbocycles. The number of imidazole rings is 1. The summed E-state index contributed by atoms with van der Waals surface area (Å²) < 4.78 is 0. The van der Waals surface area contributed by atoms with Crippen LogP contribution < -0.4 is 0 Å². The average molecular weight is 262 g/mol. The van der Waals surface area contributed by atoms with Crippen LogP contribution in [0.4, 0.5) is 0 Å². The minimum atomic E-state index is 0.982. The maximum atomic E-state index is 4.33. The SMILES string of the molecule is CCCCC(CCCc1ncc[nH]1)C1CCCCC1. The van der Waals surface area contributed by atoms with E-state index in [2.05, 4.69) is 16.9 Å². The molecule has 0 amide bonds. The Morgan fingerprint density at radius 3 is 2.68 bits per heavy atom. The molecule has 1 aliphatic carbocycles. The summed E-state index contributed by atoms with van der Waals surface area (Å²) in [5.74, 6) is 3.17. The molecule has 1 fully saturated rings. The third kappa shape index (κ3) is 5.00. The Kier molecular flexibility index (Phi) is 6.46. The molecule has 2 nitrogen and oxygen atoms in total. The molecule has 1 N–H and O–H groups in total. The Bertz CT molecular complexity index is 312. The van der Waals surface area contributed by atoms with Crippen molar-refractivity contribution >= 4 is 0 Å². The lowest BCUT2D eigenvalue weighted by molar-refractivity contribution is 0.217. The van der Waals surface area contributed by atoms with Crippen molar-refractivity contribution in [3.05, 3.63) is 18.2 Å². The van der Waals surface area contributed by atoms with Crippen LogP contribution in [0.2, 0.25) is 0 Å². The number of aryl methyl sites for hydroxylation is 1. The molecular formula is C17H30N2. The molecule has 1 heterocycles. The second-order valence-corrected chi connectivity index (χ2v) is 6.23. The van der Waals surface area contributed by atoms with Gasteiger partial charge in [0.05, 0.1) is 0 Å². The maximum absolute atomic E-state index is 4.33. The normalized spacial score (nSPS) is 18.6. The predicted molar refractivity (Wildman–Crippen MR) is 81.1 cm³/mol. The molecule has 0 bridgehead atoms. The second kappa shape index (κ2) is 8.39. The molecule has 0 spiro atoms. The molecule has 1 atom stereocenters. The van der Waals surface area contributed by atoms with E-state index in [1.54, 1.807) is 0 Å². The molecule has 1 aromatic rings. The van der Waals surface area contributed by atoms with Gasteiger partial charge in [-0.1, -0.05) is 58.3 Å². The van der Waals surface area contributed by atoms with Gasteiger partial charge in [-0.25, -0.2) is 4.98 Å². The Balaban J connectivity index is 1.75. The first-order valence-corrected chi connectivity index (χ1v) is 8.38. The van der Waals surface area contributed by atoms with Gasteiger partial charge in [0.1, 0.15) is 5.82 Å². The standard InChI is InChI=1S/C17H30N2/c1-2-3-8-15(16-9-5-4-6-10-16)11-7-12-17-18-13-14-19-17/h13-16H,2-12H2,1H3,(H,18,19). The molecule has 1 aromatic heterocycles. The van der Waals surface area contributed by atoms with Crippen molar-refractivity contribution in [2.45, 2.75) is 77.6 Å². The number of hydrogen-bond donors (Lipinski definition) is 1. The van der Waals surface area contributed by atoms with Gasteiger partial charge < -0.3 is 4.98 Å². The van der Waals surface area contributed by atoms with Crippen molar-refractivity contribution in [1.29, 1.82) is 0 Å². The lowest BCUT2D eigenvalue weighted by Crippen LogP contribution is -2.18. The lowest BCUT2D eigenvalue weighted by atomic mass is 9.76. The topological polar surface area (TPSA) is 28.7 Å². The molecule has 2 rings (SSSR count). The van der Waals surface area contributed by atoms with Crippen LogP contribution >= 0.6 is 0 Å². The van der Waals surface area contributed by atoms with Gasteiger partial charge in [0.2, 0.25) is 0 Å². The van der Waals surface area contributed by atoms with Crippen molar-refractivity contribution in [2.75, 3.05) is 0 Å². The van der Waals surface area contributed by atoms with E-state index in [0.29, 0.717) is 0 Å². The fourth-order valence-corrected chi connectivity index (χ4v) is 3.65. The summed E-state index contributed by atoms with van der Waals surface area (Å²) in [5, 5.41) is 0. The lowest BCUT2D eigenvalue weighted by Gasteiger charge is -2.30. The van der Waals surface area contributed by atoms with E-state index in [1.807, 2.05) is 12.4 Å². The van der Waals surface area contributed by atoms with Gasteiger partial charge in [-0.05, 0) is 24.7 Å². The van der Waals surface area contributed by atoms with Gasteiger partial charge in [-0.3, -0.25) is 0 Å². The van der Waals surface area contributed by atoms with E-state index < -0.39 is 0 Å². The van der Waals surface area contributed by atoms with Crippen molar-refractivity contribution in [3.63, 3.8) is 0 Å². The number of nitrogens with zero attached hydrogens (tertiary/aromatic N) is 1. The monoisotopic (exact) mass is 262 g/mol. The number of aromatic nitrogens is 2. The fourth-order valence-electron chi connectivity index (χ4n) is 3.65. The van der Waals surface area contributed by atoms with Crippen LogP contribution in [0, 0.1) is 11.8 Å². The molecular weight excluding hydrogens is 232 g/mol. The Morgan fingerprint density at radius 2 is 2.00 bits per heavy atom. The molecule has 108 valence electrons. The zero-order valence-corrected chi connectivity index (χ0v) is 12.5. The summed E-state index contributed by atoms with van der Waals surface area (Å²) in [6.45, 7) is 2.32.